The molecule has 3 N–H and O–H groups in total. The molecule has 1 saturated carbocycles. The van der Waals surface area contributed by atoms with Crippen LogP contribution in [0, 0.1) is 0 Å². The van der Waals surface area contributed by atoms with Crippen LogP contribution in [-0.4, -0.2) is 95.0 Å². The van der Waals surface area contributed by atoms with E-state index in [0.717, 1.165) is 76.5 Å². The second-order valence-electron chi connectivity index (χ2n) is 9.44. The third-order valence-electron chi connectivity index (χ3n) is 7.74. The van der Waals surface area contributed by atoms with E-state index >= 15 is 0 Å². The third-order valence-corrected chi connectivity index (χ3v) is 7.74. The first-order chi connectivity index (χ1) is 15.6. The van der Waals surface area contributed by atoms with Gasteiger partial charge in [0, 0.05) is 56.8 Å². The molecule has 0 bridgehead atoms. The van der Waals surface area contributed by atoms with Crippen LogP contribution < -0.4 is 25.4 Å². The van der Waals surface area contributed by atoms with E-state index < -0.39 is 0 Å². The molecule has 2 heterocycles. The molecule has 178 valence electrons. The summed E-state index contributed by atoms with van der Waals surface area (Å²) in [4.78, 5) is 17.4. The van der Waals surface area contributed by atoms with Gasteiger partial charge in [0.1, 0.15) is 0 Å². The van der Waals surface area contributed by atoms with Crippen molar-refractivity contribution in [1.29, 1.82) is 0 Å². The minimum Gasteiger partial charge on any atom is -0.493 e. The van der Waals surface area contributed by atoms with E-state index in [-0.39, 0.29) is 17.5 Å². The molecule has 1 aromatic rings. The number of nitrogens with zero attached hydrogens (tertiary/aromatic N) is 2. The number of carbonyl (C=O) groups is 1. The third kappa shape index (κ3) is 4.82. The van der Waals surface area contributed by atoms with Crippen molar-refractivity contribution in [1.82, 2.24) is 25.8 Å². The summed E-state index contributed by atoms with van der Waals surface area (Å²) in [5, 5.41) is 9.67. The first-order valence-corrected chi connectivity index (χ1v) is 12.0. The van der Waals surface area contributed by atoms with Gasteiger partial charge < -0.3 is 30.3 Å². The number of methoxy groups -OCH3 is 2. The maximum absolute atomic E-state index is 12.5. The lowest BCUT2D eigenvalue weighted by molar-refractivity contribution is 0.154. The Morgan fingerprint density at radius 1 is 1.16 bits per heavy atom. The number of urea groups is 1. The SMILES string of the molecule is COc1ccc([C@@]23CC[C@@H](NC(=O)NCCN4CCNCC4)C[C@@H]2N(C)CC3)cc1OC. The van der Waals surface area contributed by atoms with Crippen molar-refractivity contribution < 1.29 is 14.3 Å². The smallest absolute Gasteiger partial charge is 0.315 e. The lowest BCUT2D eigenvalue weighted by Gasteiger charge is -2.45. The first kappa shape index (κ1) is 23.1. The van der Waals surface area contributed by atoms with Gasteiger partial charge in [-0.3, -0.25) is 4.90 Å². The second-order valence-corrected chi connectivity index (χ2v) is 9.44. The van der Waals surface area contributed by atoms with E-state index in [4.69, 9.17) is 9.47 Å². The molecule has 4 rings (SSSR count). The molecule has 1 aromatic carbocycles. The summed E-state index contributed by atoms with van der Waals surface area (Å²) < 4.78 is 11.0. The number of nitrogens with one attached hydrogen (secondary N) is 3. The average Bonchev–Trinajstić information content (AvgIpc) is 3.16. The van der Waals surface area contributed by atoms with E-state index in [1.807, 2.05) is 6.07 Å². The number of amides is 2. The number of piperazine rings is 1. The average molecular weight is 446 g/mol. The molecule has 3 aliphatic rings. The number of rotatable bonds is 7. The second kappa shape index (κ2) is 10.3. The fourth-order valence-corrected chi connectivity index (χ4v) is 5.89. The number of carbonyl (C=O) groups excluding carboxylic acids is 1. The molecular weight excluding hydrogens is 406 g/mol. The van der Waals surface area contributed by atoms with Crippen LogP contribution in [-0.2, 0) is 5.41 Å². The molecule has 0 spiro atoms. The molecule has 0 aromatic heterocycles. The van der Waals surface area contributed by atoms with Gasteiger partial charge in [0.25, 0.3) is 0 Å². The van der Waals surface area contributed by atoms with Gasteiger partial charge in [0.15, 0.2) is 11.5 Å². The van der Waals surface area contributed by atoms with Gasteiger partial charge in [-0.1, -0.05) is 6.07 Å². The van der Waals surface area contributed by atoms with Gasteiger partial charge in [-0.05, 0) is 57.0 Å². The van der Waals surface area contributed by atoms with Crippen LogP contribution >= 0.6 is 0 Å². The van der Waals surface area contributed by atoms with Crippen LogP contribution in [0.25, 0.3) is 0 Å². The summed E-state index contributed by atoms with van der Waals surface area (Å²) in [6.45, 7) is 6.85. The molecule has 0 unspecified atom stereocenters. The maximum atomic E-state index is 12.5. The van der Waals surface area contributed by atoms with Crippen LogP contribution in [0.15, 0.2) is 18.2 Å². The van der Waals surface area contributed by atoms with E-state index in [0.29, 0.717) is 12.6 Å². The van der Waals surface area contributed by atoms with Gasteiger partial charge >= 0.3 is 6.03 Å². The van der Waals surface area contributed by atoms with Gasteiger partial charge in [-0.2, -0.15) is 0 Å². The minimum absolute atomic E-state index is 0.0376. The molecule has 2 amide bonds. The van der Waals surface area contributed by atoms with Crippen LogP contribution in [0.1, 0.15) is 31.2 Å². The summed E-state index contributed by atoms with van der Waals surface area (Å²) in [6.07, 6.45) is 4.15. The van der Waals surface area contributed by atoms with E-state index in [1.54, 1.807) is 14.2 Å². The Morgan fingerprint density at radius 2 is 1.94 bits per heavy atom. The van der Waals surface area contributed by atoms with Crippen LogP contribution in [0.5, 0.6) is 11.5 Å². The lowest BCUT2D eigenvalue weighted by Crippen LogP contribution is -2.53. The quantitative estimate of drug-likeness (QED) is 0.589. The molecular formula is C24H39N5O3. The number of benzene rings is 1. The molecule has 3 fully saturated rings. The highest BCUT2D eigenvalue weighted by molar-refractivity contribution is 5.74. The monoisotopic (exact) mass is 445 g/mol. The number of likely N-dealkylation sites (N-methyl/N-ethyl adjacent to an activating group) is 1. The molecule has 8 heteroatoms. The Labute approximate surface area is 192 Å². The first-order valence-electron chi connectivity index (χ1n) is 12.0. The summed E-state index contributed by atoms with van der Waals surface area (Å²) in [7, 11) is 5.58. The molecule has 3 atom stereocenters. The van der Waals surface area contributed by atoms with Crippen LogP contribution in [0.3, 0.4) is 0 Å². The van der Waals surface area contributed by atoms with Gasteiger partial charge in [0.2, 0.25) is 0 Å². The zero-order chi connectivity index (χ0) is 22.6. The standard InChI is InChI=1S/C24H39N5O3/c1-28-12-8-24(18-4-5-20(31-2)21(16-18)32-3)7-6-19(17-22(24)28)27-23(30)26-11-15-29-13-9-25-10-14-29/h4-5,16,19,22,25H,6-15,17H2,1-3H3,(H2,26,27,30)/t19-,22+,24+/m1/s1. The molecule has 8 nitrogen and oxygen atoms in total. The number of likely N-dealkylation sites (tertiary alicyclic amines) is 1. The highest BCUT2D eigenvalue weighted by Crippen LogP contribution is 2.49. The zero-order valence-electron chi connectivity index (χ0n) is 19.8. The number of hydrogen-bond acceptors (Lipinski definition) is 6. The Morgan fingerprint density at radius 3 is 2.69 bits per heavy atom. The molecule has 2 saturated heterocycles. The van der Waals surface area contributed by atoms with Crippen molar-refractivity contribution in [2.24, 2.45) is 0 Å². The topological polar surface area (TPSA) is 78.1 Å². The highest BCUT2D eigenvalue weighted by atomic mass is 16.5. The Balaban J connectivity index is 1.35. The predicted molar refractivity (Wildman–Crippen MR) is 126 cm³/mol. The van der Waals surface area contributed by atoms with Gasteiger partial charge in [0.05, 0.1) is 14.2 Å². The minimum atomic E-state index is -0.0376. The summed E-state index contributed by atoms with van der Waals surface area (Å²) in [6, 6.07) is 6.94. The van der Waals surface area contributed by atoms with Crippen molar-refractivity contribution in [3.63, 3.8) is 0 Å². The van der Waals surface area contributed by atoms with Crippen molar-refractivity contribution in [2.75, 3.05) is 67.1 Å². The number of fused-ring (bicyclic) bond motifs is 1. The molecule has 2 aliphatic heterocycles. The molecule has 0 radical (unpaired) electrons. The molecule has 1 aliphatic carbocycles. The van der Waals surface area contributed by atoms with Gasteiger partial charge in [-0.15, -0.1) is 0 Å². The predicted octanol–water partition coefficient (Wildman–Crippen LogP) is 1.40. The van der Waals surface area contributed by atoms with E-state index in [1.165, 1.54) is 5.56 Å². The number of ether oxygens (including phenoxy) is 2. The highest BCUT2D eigenvalue weighted by Gasteiger charge is 2.50. The normalized spacial score (nSPS) is 28.7. The molecule has 32 heavy (non-hydrogen) atoms. The van der Waals surface area contributed by atoms with Crippen molar-refractivity contribution in [3.05, 3.63) is 23.8 Å². The van der Waals surface area contributed by atoms with Crippen molar-refractivity contribution >= 4 is 6.03 Å². The van der Waals surface area contributed by atoms with Crippen LogP contribution in [0.4, 0.5) is 4.79 Å². The fraction of sp³-hybridized carbons (Fsp3) is 0.708. The maximum Gasteiger partial charge on any atom is 0.315 e. The Bertz CT molecular complexity index is 785. The Kier molecular flexibility index (Phi) is 7.43. The summed E-state index contributed by atoms with van der Waals surface area (Å²) in [5.74, 6) is 1.56. The zero-order valence-corrected chi connectivity index (χ0v) is 19.8. The van der Waals surface area contributed by atoms with Gasteiger partial charge in [-0.25, -0.2) is 4.79 Å². The number of hydrogen-bond donors (Lipinski definition) is 3. The van der Waals surface area contributed by atoms with Crippen molar-refractivity contribution in [2.45, 2.75) is 43.2 Å². The van der Waals surface area contributed by atoms with E-state index in [2.05, 4.69) is 44.9 Å². The Hall–Kier alpha value is -2.03. The summed E-state index contributed by atoms with van der Waals surface area (Å²) >= 11 is 0. The summed E-state index contributed by atoms with van der Waals surface area (Å²) in [5.41, 5.74) is 1.43. The lowest BCUT2D eigenvalue weighted by atomic mass is 9.65. The van der Waals surface area contributed by atoms with E-state index in [9.17, 15) is 4.79 Å². The fourth-order valence-electron chi connectivity index (χ4n) is 5.89. The van der Waals surface area contributed by atoms with Crippen LogP contribution in [0.2, 0.25) is 0 Å². The largest absolute Gasteiger partial charge is 0.493 e. The van der Waals surface area contributed by atoms with Crippen molar-refractivity contribution in [3.8, 4) is 11.5 Å².